The molecule has 82 valence electrons. The first kappa shape index (κ1) is 10.6. The Morgan fingerprint density at radius 2 is 1.88 bits per heavy atom. The molecule has 1 nitrogen and oxygen atoms in total. The minimum atomic E-state index is 0.308. The van der Waals surface area contributed by atoms with E-state index < -0.39 is 0 Å². The third kappa shape index (κ3) is 1.57. The van der Waals surface area contributed by atoms with Crippen molar-refractivity contribution < 1.29 is 4.74 Å². The second kappa shape index (κ2) is 4.04. The van der Waals surface area contributed by atoms with Gasteiger partial charge in [0.05, 0.1) is 9.65 Å². The molecule has 0 aliphatic carbocycles. The Morgan fingerprint density at radius 1 is 1.06 bits per heavy atom. The van der Waals surface area contributed by atoms with Gasteiger partial charge in [-0.25, -0.2) is 0 Å². The van der Waals surface area contributed by atoms with Gasteiger partial charge in [0, 0.05) is 5.56 Å². The van der Waals surface area contributed by atoms with Crippen LogP contribution in [0.3, 0.4) is 0 Å². The van der Waals surface area contributed by atoms with E-state index in [0.29, 0.717) is 16.3 Å². The SMILES string of the molecule is BrC1COc2ccc3ccccc3c2C1Br. The molecule has 2 unspecified atom stereocenters. The van der Waals surface area contributed by atoms with E-state index in [0.717, 1.165) is 5.75 Å². The Kier molecular flexibility index (Phi) is 2.68. The van der Waals surface area contributed by atoms with E-state index in [2.05, 4.69) is 68.3 Å². The Balaban J connectivity index is 2.32. The highest BCUT2D eigenvalue weighted by Gasteiger charge is 2.28. The van der Waals surface area contributed by atoms with Crippen molar-refractivity contribution in [1.82, 2.24) is 0 Å². The number of hydrogen-bond acceptors (Lipinski definition) is 1. The largest absolute Gasteiger partial charge is 0.492 e. The zero-order valence-corrected chi connectivity index (χ0v) is 11.7. The number of hydrogen-bond donors (Lipinski definition) is 0. The molecule has 0 radical (unpaired) electrons. The molecule has 0 amide bonds. The van der Waals surface area contributed by atoms with Gasteiger partial charge < -0.3 is 4.74 Å². The summed E-state index contributed by atoms with van der Waals surface area (Å²) in [7, 11) is 0. The highest BCUT2D eigenvalue weighted by Crippen LogP contribution is 2.44. The molecule has 16 heavy (non-hydrogen) atoms. The minimum absolute atomic E-state index is 0.308. The van der Waals surface area contributed by atoms with Crippen LogP contribution < -0.4 is 4.74 Å². The van der Waals surface area contributed by atoms with E-state index >= 15 is 0 Å². The van der Waals surface area contributed by atoms with Gasteiger partial charge in [-0.2, -0.15) is 0 Å². The van der Waals surface area contributed by atoms with Crippen LogP contribution in [0, 0.1) is 0 Å². The zero-order chi connectivity index (χ0) is 11.1. The molecule has 0 spiro atoms. The van der Waals surface area contributed by atoms with Gasteiger partial charge >= 0.3 is 0 Å². The fraction of sp³-hybridized carbons (Fsp3) is 0.231. The quantitative estimate of drug-likeness (QED) is 0.644. The molecule has 0 aromatic heterocycles. The second-order valence-electron chi connectivity index (χ2n) is 3.93. The normalized spacial score (nSPS) is 23.9. The number of rotatable bonds is 0. The summed E-state index contributed by atoms with van der Waals surface area (Å²) in [5, 5.41) is 2.53. The first-order chi connectivity index (χ1) is 7.77. The number of halogens is 2. The van der Waals surface area contributed by atoms with Gasteiger partial charge in [0.1, 0.15) is 12.4 Å². The Hall–Kier alpha value is -0.540. The first-order valence-corrected chi connectivity index (χ1v) is 7.03. The average molecular weight is 342 g/mol. The van der Waals surface area contributed by atoms with Gasteiger partial charge in [-0.1, -0.05) is 62.2 Å². The zero-order valence-electron chi connectivity index (χ0n) is 8.49. The number of alkyl halides is 2. The molecule has 0 fully saturated rings. The molecule has 1 aliphatic heterocycles. The van der Waals surface area contributed by atoms with Crippen LogP contribution in [0.25, 0.3) is 10.8 Å². The van der Waals surface area contributed by atoms with E-state index in [4.69, 9.17) is 4.74 Å². The fourth-order valence-electron chi connectivity index (χ4n) is 2.12. The van der Waals surface area contributed by atoms with E-state index in [1.807, 2.05) is 0 Å². The lowest BCUT2D eigenvalue weighted by atomic mass is 9.98. The smallest absolute Gasteiger partial charge is 0.124 e. The molecule has 2 aromatic rings. The van der Waals surface area contributed by atoms with E-state index in [1.54, 1.807) is 0 Å². The molecule has 2 aromatic carbocycles. The highest BCUT2D eigenvalue weighted by atomic mass is 79.9. The van der Waals surface area contributed by atoms with Crippen molar-refractivity contribution in [2.45, 2.75) is 9.65 Å². The second-order valence-corrected chi connectivity index (χ2v) is 6.09. The summed E-state index contributed by atoms with van der Waals surface area (Å²) in [4.78, 5) is 0.633. The van der Waals surface area contributed by atoms with Gasteiger partial charge in [0.25, 0.3) is 0 Å². The molecule has 2 atom stereocenters. The number of fused-ring (bicyclic) bond motifs is 3. The molecule has 3 heteroatoms. The lowest BCUT2D eigenvalue weighted by molar-refractivity contribution is 0.297. The molecule has 0 saturated heterocycles. The van der Waals surface area contributed by atoms with Gasteiger partial charge in [-0.15, -0.1) is 0 Å². The summed E-state index contributed by atoms with van der Waals surface area (Å²) in [6, 6.07) is 12.6. The first-order valence-electron chi connectivity index (χ1n) is 5.20. The van der Waals surface area contributed by atoms with Crippen LogP contribution >= 0.6 is 31.9 Å². The van der Waals surface area contributed by atoms with Crippen molar-refractivity contribution >= 4 is 42.6 Å². The molecule has 1 heterocycles. The number of ether oxygens (including phenoxy) is 1. The van der Waals surface area contributed by atoms with Gasteiger partial charge in [-0.3, -0.25) is 0 Å². The third-order valence-corrected chi connectivity index (χ3v) is 5.52. The van der Waals surface area contributed by atoms with E-state index in [9.17, 15) is 0 Å². The van der Waals surface area contributed by atoms with Crippen LogP contribution in [0.5, 0.6) is 5.75 Å². The fourth-order valence-corrected chi connectivity index (χ4v) is 3.14. The monoisotopic (exact) mass is 340 g/mol. The maximum absolute atomic E-state index is 5.74. The lowest BCUT2D eigenvalue weighted by Gasteiger charge is -2.27. The van der Waals surface area contributed by atoms with E-state index in [-0.39, 0.29) is 0 Å². The summed E-state index contributed by atoms with van der Waals surface area (Å²) < 4.78 is 5.74. The summed E-state index contributed by atoms with van der Waals surface area (Å²) in [6.45, 7) is 0.710. The average Bonchev–Trinajstić information content (AvgIpc) is 2.33. The van der Waals surface area contributed by atoms with Crippen LogP contribution in [-0.4, -0.2) is 11.4 Å². The number of benzene rings is 2. The predicted molar refractivity (Wildman–Crippen MR) is 73.8 cm³/mol. The Morgan fingerprint density at radius 3 is 2.75 bits per heavy atom. The summed E-state index contributed by atoms with van der Waals surface area (Å²) in [6.07, 6.45) is 0. The maximum atomic E-state index is 5.74. The molecule has 3 rings (SSSR count). The highest BCUT2D eigenvalue weighted by molar-refractivity contribution is 9.12. The topological polar surface area (TPSA) is 9.23 Å². The minimum Gasteiger partial charge on any atom is -0.492 e. The van der Waals surface area contributed by atoms with Crippen LogP contribution in [0.15, 0.2) is 36.4 Å². The Bertz CT molecular complexity index is 538. The molecular formula is C13H10Br2O. The Labute approximate surface area is 111 Å². The molecule has 1 aliphatic rings. The van der Waals surface area contributed by atoms with Crippen LogP contribution in [0.2, 0.25) is 0 Å². The van der Waals surface area contributed by atoms with Crippen LogP contribution in [0.4, 0.5) is 0 Å². The molecule has 0 N–H and O–H groups in total. The van der Waals surface area contributed by atoms with Gasteiger partial charge in [0.15, 0.2) is 0 Å². The summed E-state index contributed by atoms with van der Waals surface area (Å²) in [5.74, 6) is 0.997. The third-order valence-electron chi connectivity index (χ3n) is 2.92. The van der Waals surface area contributed by atoms with Crippen molar-refractivity contribution in [3.05, 3.63) is 42.0 Å². The molecule has 0 bridgehead atoms. The summed E-state index contributed by atoms with van der Waals surface area (Å²) >= 11 is 7.38. The maximum Gasteiger partial charge on any atom is 0.124 e. The lowest BCUT2D eigenvalue weighted by Crippen LogP contribution is -2.22. The van der Waals surface area contributed by atoms with Crippen molar-refractivity contribution in [2.75, 3.05) is 6.61 Å². The predicted octanol–water partition coefficient (Wildman–Crippen LogP) is 4.43. The van der Waals surface area contributed by atoms with Crippen molar-refractivity contribution in [3.63, 3.8) is 0 Å². The van der Waals surface area contributed by atoms with Gasteiger partial charge in [0.2, 0.25) is 0 Å². The summed E-state index contributed by atoms with van der Waals surface area (Å²) in [5.41, 5.74) is 1.26. The molecule has 0 saturated carbocycles. The van der Waals surface area contributed by atoms with Crippen molar-refractivity contribution in [3.8, 4) is 5.75 Å². The molecular weight excluding hydrogens is 332 g/mol. The van der Waals surface area contributed by atoms with Crippen molar-refractivity contribution in [2.24, 2.45) is 0 Å². The van der Waals surface area contributed by atoms with Crippen molar-refractivity contribution in [1.29, 1.82) is 0 Å². The van der Waals surface area contributed by atoms with Gasteiger partial charge in [-0.05, 0) is 16.8 Å². The standard InChI is InChI=1S/C13H10Br2O/c14-10-7-16-11-6-5-8-3-1-2-4-9(8)12(11)13(10)15/h1-6,10,13H,7H2. The van der Waals surface area contributed by atoms with E-state index in [1.165, 1.54) is 16.3 Å². The van der Waals surface area contributed by atoms with Crippen LogP contribution in [0.1, 0.15) is 10.4 Å². The van der Waals surface area contributed by atoms with Crippen LogP contribution in [-0.2, 0) is 0 Å².